The number of fused-ring (bicyclic) bond motifs is 1. The van der Waals surface area contributed by atoms with Crippen LogP contribution in [0, 0.1) is 11.8 Å². The normalized spacial score (nSPS) is 29.6. The maximum Gasteiger partial charge on any atom is 0.0823 e. The molecule has 3 rings (SSSR count). The molecule has 1 aliphatic carbocycles. The van der Waals surface area contributed by atoms with Gasteiger partial charge in [0.1, 0.15) is 0 Å². The number of aliphatic hydroxyl groups is 1. The first kappa shape index (κ1) is 12.2. The summed E-state index contributed by atoms with van der Waals surface area (Å²) in [5.41, 5.74) is 2.52. The Kier molecular flexibility index (Phi) is 3.67. The van der Waals surface area contributed by atoms with Crippen molar-refractivity contribution >= 4 is 0 Å². The Hall–Kier alpha value is -0.860. The SMILES string of the molecule is OC1c2ccccc2CCCC1C1CCOCC1. The van der Waals surface area contributed by atoms with Gasteiger partial charge in [0.25, 0.3) is 0 Å². The van der Waals surface area contributed by atoms with Crippen LogP contribution in [-0.4, -0.2) is 18.3 Å². The Morgan fingerprint density at radius 2 is 1.83 bits per heavy atom. The summed E-state index contributed by atoms with van der Waals surface area (Å²) in [5, 5.41) is 10.7. The van der Waals surface area contributed by atoms with E-state index in [-0.39, 0.29) is 6.10 Å². The lowest BCUT2D eigenvalue weighted by molar-refractivity contribution is 0.00128. The van der Waals surface area contributed by atoms with Crippen molar-refractivity contribution in [2.24, 2.45) is 11.8 Å². The summed E-state index contributed by atoms with van der Waals surface area (Å²) in [5.74, 6) is 1.07. The summed E-state index contributed by atoms with van der Waals surface area (Å²) >= 11 is 0. The molecule has 0 saturated carbocycles. The van der Waals surface area contributed by atoms with Crippen molar-refractivity contribution in [3.05, 3.63) is 35.4 Å². The molecular weight excluding hydrogens is 224 g/mol. The lowest BCUT2D eigenvalue weighted by Gasteiger charge is -2.33. The van der Waals surface area contributed by atoms with E-state index in [4.69, 9.17) is 4.74 Å². The molecule has 2 heteroatoms. The number of aryl methyl sites for hydroxylation is 1. The highest BCUT2D eigenvalue weighted by atomic mass is 16.5. The molecule has 98 valence electrons. The number of hydrogen-bond donors (Lipinski definition) is 1. The molecule has 18 heavy (non-hydrogen) atoms. The van der Waals surface area contributed by atoms with Gasteiger partial charge in [-0.05, 0) is 55.1 Å². The summed E-state index contributed by atoms with van der Waals surface area (Å²) in [7, 11) is 0. The van der Waals surface area contributed by atoms with Crippen molar-refractivity contribution in [3.63, 3.8) is 0 Å². The minimum atomic E-state index is -0.271. The maximum absolute atomic E-state index is 10.7. The smallest absolute Gasteiger partial charge is 0.0823 e. The molecule has 1 heterocycles. The van der Waals surface area contributed by atoms with E-state index in [1.807, 2.05) is 0 Å². The molecule has 2 aliphatic rings. The molecule has 1 aromatic carbocycles. The number of aliphatic hydroxyl groups excluding tert-OH is 1. The second-order valence-corrected chi connectivity index (χ2v) is 5.65. The van der Waals surface area contributed by atoms with Crippen molar-refractivity contribution in [1.29, 1.82) is 0 Å². The molecule has 0 amide bonds. The van der Waals surface area contributed by atoms with Crippen molar-refractivity contribution in [2.75, 3.05) is 13.2 Å². The van der Waals surface area contributed by atoms with Gasteiger partial charge in [0.05, 0.1) is 6.10 Å². The second-order valence-electron chi connectivity index (χ2n) is 5.65. The van der Waals surface area contributed by atoms with Gasteiger partial charge < -0.3 is 9.84 Å². The van der Waals surface area contributed by atoms with Crippen molar-refractivity contribution in [1.82, 2.24) is 0 Å². The molecule has 1 N–H and O–H groups in total. The Bertz CT molecular complexity index is 396. The van der Waals surface area contributed by atoms with Crippen molar-refractivity contribution in [2.45, 2.75) is 38.2 Å². The molecule has 2 unspecified atom stereocenters. The Morgan fingerprint density at radius 3 is 2.67 bits per heavy atom. The van der Waals surface area contributed by atoms with Gasteiger partial charge in [0, 0.05) is 13.2 Å². The molecular formula is C16H22O2. The molecule has 2 atom stereocenters. The standard InChI is InChI=1S/C16H22O2/c17-16-14-6-2-1-4-12(14)5-3-7-15(16)13-8-10-18-11-9-13/h1-2,4,6,13,15-17H,3,5,7-11H2. The highest BCUT2D eigenvalue weighted by Crippen LogP contribution is 2.40. The van der Waals surface area contributed by atoms with Crippen LogP contribution < -0.4 is 0 Å². The molecule has 2 nitrogen and oxygen atoms in total. The predicted molar refractivity (Wildman–Crippen MR) is 71.4 cm³/mol. The molecule has 0 bridgehead atoms. The number of ether oxygens (including phenoxy) is 1. The van der Waals surface area contributed by atoms with E-state index in [1.165, 1.54) is 17.5 Å². The Morgan fingerprint density at radius 1 is 1.06 bits per heavy atom. The summed E-state index contributed by atoms with van der Waals surface area (Å²) < 4.78 is 5.44. The van der Waals surface area contributed by atoms with Gasteiger partial charge in [-0.1, -0.05) is 24.3 Å². The summed E-state index contributed by atoms with van der Waals surface area (Å²) in [6.45, 7) is 1.74. The van der Waals surface area contributed by atoms with Crippen LogP contribution in [0.2, 0.25) is 0 Å². The first-order chi connectivity index (χ1) is 8.86. The lowest BCUT2D eigenvalue weighted by Crippen LogP contribution is -2.27. The van der Waals surface area contributed by atoms with Crippen LogP contribution in [0.4, 0.5) is 0 Å². The maximum atomic E-state index is 10.7. The van der Waals surface area contributed by atoms with E-state index >= 15 is 0 Å². The first-order valence-electron chi connectivity index (χ1n) is 7.20. The molecule has 1 fully saturated rings. The van der Waals surface area contributed by atoms with Gasteiger partial charge in [-0.25, -0.2) is 0 Å². The van der Waals surface area contributed by atoms with Gasteiger partial charge in [-0.15, -0.1) is 0 Å². The predicted octanol–water partition coefficient (Wildman–Crippen LogP) is 3.10. The zero-order valence-electron chi connectivity index (χ0n) is 10.8. The molecule has 1 aliphatic heterocycles. The van der Waals surface area contributed by atoms with E-state index in [2.05, 4.69) is 24.3 Å². The average molecular weight is 246 g/mol. The highest BCUT2D eigenvalue weighted by molar-refractivity contribution is 5.30. The molecule has 0 spiro atoms. The van der Waals surface area contributed by atoms with Gasteiger partial charge in [0.15, 0.2) is 0 Å². The third-order valence-electron chi connectivity index (χ3n) is 4.63. The molecule has 1 saturated heterocycles. The van der Waals surface area contributed by atoms with Crippen molar-refractivity contribution < 1.29 is 9.84 Å². The molecule has 1 aromatic rings. The molecule has 0 aromatic heterocycles. The van der Waals surface area contributed by atoms with Gasteiger partial charge >= 0.3 is 0 Å². The van der Waals surface area contributed by atoms with Gasteiger partial charge in [-0.3, -0.25) is 0 Å². The van der Waals surface area contributed by atoms with Gasteiger partial charge in [0.2, 0.25) is 0 Å². The Labute approximate surface area is 109 Å². The fourth-order valence-corrected chi connectivity index (χ4v) is 3.60. The fraction of sp³-hybridized carbons (Fsp3) is 0.625. The quantitative estimate of drug-likeness (QED) is 0.772. The third kappa shape index (κ3) is 2.32. The minimum absolute atomic E-state index is 0.271. The summed E-state index contributed by atoms with van der Waals surface area (Å²) in [6.07, 6.45) is 5.43. The number of benzene rings is 1. The lowest BCUT2D eigenvalue weighted by atomic mass is 9.78. The van der Waals surface area contributed by atoms with Crippen LogP contribution >= 0.6 is 0 Å². The molecule has 0 radical (unpaired) electrons. The van der Waals surface area contributed by atoms with E-state index in [9.17, 15) is 5.11 Å². The van der Waals surface area contributed by atoms with Crippen LogP contribution in [0.5, 0.6) is 0 Å². The van der Waals surface area contributed by atoms with Crippen molar-refractivity contribution in [3.8, 4) is 0 Å². The monoisotopic (exact) mass is 246 g/mol. The number of hydrogen-bond acceptors (Lipinski definition) is 2. The average Bonchev–Trinajstić information content (AvgIpc) is 2.60. The summed E-state index contributed by atoms with van der Waals surface area (Å²) in [4.78, 5) is 0. The van der Waals surface area contributed by atoms with Gasteiger partial charge in [-0.2, -0.15) is 0 Å². The van der Waals surface area contributed by atoms with Crippen LogP contribution in [0.3, 0.4) is 0 Å². The third-order valence-corrected chi connectivity index (χ3v) is 4.63. The van der Waals surface area contributed by atoms with Crippen LogP contribution in [-0.2, 0) is 11.2 Å². The van der Waals surface area contributed by atoms with Crippen LogP contribution in [0.1, 0.15) is 42.9 Å². The van der Waals surface area contributed by atoms with E-state index in [0.717, 1.165) is 38.9 Å². The zero-order valence-corrected chi connectivity index (χ0v) is 10.8. The topological polar surface area (TPSA) is 29.5 Å². The zero-order chi connectivity index (χ0) is 12.4. The van der Waals surface area contributed by atoms with Crippen LogP contribution in [0.15, 0.2) is 24.3 Å². The fourth-order valence-electron chi connectivity index (χ4n) is 3.60. The second kappa shape index (κ2) is 5.41. The Balaban J connectivity index is 1.84. The minimum Gasteiger partial charge on any atom is -0.388 e. The first-order valence-corrected chi connectivity index (χ1v) is 7.20. The van der Waals surface area contributed by atoms with E-state index in [1.54, 1.807) is 0 Å². The van der Waals surface area contributed by atoms with E-state index < -0.39 is 0 Å². The highest BCUT2D eigenvalue weighted by Gasteiger charge is 2.32. The largest absolute Gasteiger partial charge is 0.388 e. The number of rotatable bonds is 1. The van der Waals surface area contributed by atoms with E-state index in [0.29, 0.717) is 11.8 Å². The van der Waals surface area contributed by atoms with Crippen LogP contribution in [0.25, 0.3) is 0 Å². The summed E-state index contributed by atoms with van der Waals surface area (Å²) in [6, 6.07) is 8.41.